The lowest BCUT2D eigenvalue weighted by atomic mass is 10.1. The van der Waals surface area contributed by atoms with Crippen LogP contribution in [0.4, 0.5) is 0 Å². The topological polar surface area (TPSA) is 78.9 Å². The van der Waals surface area contributed by atoms with Crippen LogP contribution >= 0.6 is 0 Å². The first-order chi connectivity index (χ1) is 28.0. The first kappa shape index (κ1) is 53.3. The summed E-state index contributed by atoms with van der Waals surface area (Å²) in [6.45, 7) is 6.24. The molecule has 0 aromatic carbocycles. The van der Waals surface area contributed by atoms with E-state index in [0.717, 1.165) is 116 Å². The van der Waals surface area contributed by atoms with Crippen LogP contribution in [0.5, 0.6) is 0 Å². The summed E-state index contributed by atoms with van der Waals surface area (Å²) in [5.41, 5.74) is 0. The van der Waals surface area contributed by atoms with Gasteiger partial charge in [0, 0.05) is 19.3 Å². The van der Waals surface area contributed by atoms with E-state index < -0.39 is 6.10 Å². The fourth-order valence-corrected chi connectivity index (χ4v) is 5.72. The number of rotatable bonds is 39. The molecule has 0 radical (unpaired) electrons. The van der Waals surface area contributed by atoms with E-state index in [1.165, 1.54) is 25.7 Å². The molecule has 322 valence electrons. The van der Waals surface area contributed by atoms with Gasteiger partial charge in [-0.05, 0) is 89.9 Å². The molecule has 0 aliphatic carbocycles. The molecular formula is C51H82O6. The minimum absolute atomic E-state index is 0.102. The highest BCUT2D eigenvalue weighted by molar-refractivity contribution is 5.71. The molecule has 57 heavy (non-hydrogen) atoms. The van der Waals surface area contributed by atoms with Crippen LogP contribution in [0.2, 0.25) is 0 Å². The van der Waals surface area contributed by atoms with Gasteiger partial charge in [-0.15, -0.1) is 0 Å². The highest BCUT2D eigenvalue weighted by Crippen LogP contribution is 2.12. The Balaban J connectivity index is 4.35. The van der Waals surface area contributed by atoms with Crippen molar-refractivity contribution in [1.29, 1.82) is 0 Å². The summed E-state index contributed by atoms with van der Waals surface area (Å²) >= 11 is 0. The quantitative estimate of drug-likeness (QED) is 0.0267. The second kappa shape index (κ2) is 45.0. The molecule has 0 saturated heterocycles. The molecule has 0 heterocycles. The molecular weight excluding hydrogens is 709 g/mol. The van der Waals surface area contributed by atoms with Crippen LogP contribution in [-0.2, 0) is 28.6 Å². The molecule has 0 amide bonds. The molecule has 0 aromatic heterocycles. The van der Waals surface area contributed by atoms with E-state index in [1.807, 2.05) is 0 Å². The van der Waals surface area contributed by atoms with Gasteiger partial charge in [-0.1, -0.05) is 176 Å². The van der Waals surface area contributed by atoms with Gasteiger partial charge in [-0.3, -0.25) is 14.4 Å². The standard InChI is InChI=1S/C51H82O6/c1-4-7-10-13-15-17-19-21-23-25-27-29-31-33-35-38-41-44-50(53)56-47-48(46-55-49(52)43-40-37-12-9-6-3)57-51(54)45-42-39-36-34-32-30-28-26-24-22-20-18-16-14-11-8-5-2/h7-8,10-11,15-18,21-24,27,29,33,35,48H,4-6,9,12-14,19-20,25-26,28,30-32,34,36-47H2,1-3H3/b10-7-,11-8-,17-15-,18-16-,23-21-,24-22-,29-27-,35-33-. The Bertz CT molecular complexity index is 1180. The maximum atomic E-state index is 12.7. The first-order valence-corrected chi connectivity index (χ1v) is 22.7. The largest absolute Gasteiger partial charge is 0.462 e. The molecule has 0 fully saturated rings. The number of hydrogen-bond acceptors (Lipinski definition) is 6. The zero-order chi connectivity index (χ0) is 41.5. The number of esters is 3. The Morgan fingerprint density at radius 3 is 1.14 bits per heavy atom. The van der Waals surface area contributed by atoms with Gasteiger partial charge in [0.05, 0.1) is 0 Å². The third kappa shape index (κ3) is 43.3. The van der Waals surface area contributed by atoms with Crippen molar-refractivity contribution in [3.05, 3.63) is 97.2 Å². The van der Waals surface area contributed by atoms with Crippen molar-refractivity contribution in [2.45, 2.75) is 194 Å². The van der Waals surface area contributed by atoms with E-state index in [2.05, 4.69) is 118 Å². The Hall–Kier alpha value is -3.67. The van der Waals surface area contributed by atoms with Gasteiger partial charge in [-0.25, -0.2) is 0 Å². The third-order valence-electron chi connectivity index (χ3n) is 9.08. The van der Waals surface area contributed by atoms with Crippen LogP contribution in [0.25, 0.3) is 0 Å². The van der Waals surface area contributed by atoms with Crippen molar-refractivity contribution < 1.29 is 28.6 Å². The van der Waals surface area contributed by atoms with Crippen molar-refractivity contribution in [2.75, 3.05) is 13.2 Å². The van der Waals surface area contributed by atoms with Crippen LogP contribution < -0.4 is 0 Å². The van der Waals surface area contributed by atoms with Crippen LogP contribution in [0.3, 0.4) is 0 Å². The molecule has 6 nitrogen and oxygen atoms in total. The molecule has 1 atom stereocenters. The predicted molar refractivity (Wildman–Crippen MR) is 242 cm³/mol. The summed E-state index contributed by atoms with van der Waals surface area (Å²) in [5, 5.41) is 0. The average Bonchev–Trinajstić information content (AvgIpc) is 3.21. The highest BCUT2D eigenvalue weighted by Gasteiger charge is 2.19. The van der Waals surface area contributed by atoms with Gasteiger partial charge in [0.25, 0.3) is 0 Å². The Labute approximate surface area is 349 Å². The lowest BCUT2D eigenvalue weighted by molar-refractivity contribution is -0.167. The Morgan fingerprint density at radius 1 is 0.368 bits per heavy atom. The second-order valence-electron chi connectivity index (χ2n) is 14.5. The monoisotopic (exact) mass is 791 g/mol. The molecule has 6 heteroatoms. The minimum atomic E-state index is -0.801. The van der Waals surface area contributed by atoms with Crippen LogP contribution in [0, 0.1) is 0 Å². The fraction of sp³-hybridized carbons (Fsp3) is 0.627. The van der Waals surface area contributed by atoms with E-state index in [1.54, 1.807) is 0 Å². The predicted octanol–water partition coefficient (Wildman–Crippen LogP) is 14.6. The molecule has 0 saturated carbocycles. The number of allylic oxidation sites excluding steroid dienone is 16. The van der Waals surface area contributed by atoms with Crippen molar-refractivity contribution >= 4 is 17.9 Å². The maximum absolute atomic E-state index is 12.7. The summed E-state index contributed by atoms with van der Waals surface area (Å²) in [5.74, 6) is -0.996. The molecule has 0 aliphatic heterocycles. The third-order valence-corrected chi connectivity index (χ3v) is 9.08. The van der Waals surface area contributed by atoms with Crippen molar-refractivity contribution in [3.63, 3.8) is 0 Å². The summed E-state index contributed by atoms with van der Waals surface area (Å²) in [4.78, 5) is 37.5. The number of unbranched alkanes of at least 4 members (excludes halogenated alkanes) is 12. The second-order valence-corrected chi connectivity index (χ2v) is 14.5. The molecule has 1 unspecified atom stereocenters. The minimum Gasteiger partial charge on any atom is -0.462 e. The van der Waals surface area contributed by atoms with Gasteiger partial charge in [0.15, 0.2) is 6.10 Å². The molecule has 0 rings (SSSR count). The molecule has 0 spiro atoms. The van der Waals surface area contributed by atoms with Crippen LogP contribution in [-0.4, -0.2) is 37.2 Å². The summed E-state index contributed by atoms with van der Waals surface area (Å²) in [6.07, 6.45) is 58.5. The van der Waals surface area contributed by atoms with E-state index in [0.29, 0.717) is 19.3 Å². The summed E-state index contributed by atoms with van der Waals surface area (Å²) in [6, 6.07) is 0. The zero-order valence-electron chi connectivity index (χ0n) is 36.6. The SMILES string of the molecule is CC/C=C\C/C=C\C/C=C\C/C=C\C/C=C\CCCC(=O)OCC(COC(=O)CCCCCCC)OC(=O)CCCCCCCCC/C=C\C/C=C\C/C=C\CC. The normalized spacial score (nSPS) is 13.0. The van der Waals surface area contributed by atoms with Crippen molar-refractivity contribution in [3.8, 4) is 0 Å². The van der Waals surface area contributed by atoms with Crippen molar-refractivity contribution in [1.82, 2.24) is 0 Å². The number of hydrogen-bond donors (Lipinski definition) is 0. The lowest BCUT2D eigenvalue weighted by Crippen LogP contribution is -2.30. The van der Waals surface area contributed by atoms with Crippen molar-refractivity contribution in [2.24, 2.45) is 0 Å². The number of carbonyl (C=O) groups excluding carboxylic acids is 3. The fourth-order valence-electron chi connectivity index (χ4n) is 5.72. The maximum Gasteiger partial charge on any atom is 0.306 e. The van der Waals surface area contributed by atoms with Crippen LogP contribution in [0.15, 0.2) is 97.2 Å². The van der Waals surface area contributed by atoms with Gasteiger partial charge < -0.3 is 14.2 Å². The Morgan fingerprint density at radius 2 is 0.702 bits per heavy atom. The van der Waals surface area contributed by atoms with E-state index in [-0.39, 0.29) is 37.5 Å². The van der Waals surface area contributed by atoms with E-state index >= 15 is 0 Å². The lowest BCUT2D eigenvalue weighted by Gasteiger charge is -2.18. The van der Waals surface area contributed by atoms with Gasteiger partial charge in [0.2, 0.25) is 0 Å². The highest BCUT2D eigenvalue weighted by atomic mass is 16.6. The van der Waals surface area contributed by atoms with Gasteiger partial charge in [0.1, 0.15) is 13.2 Å². The molecule has 0 N–H and O–H groups in total. The Kier molecular flexibility index (Phi) is 42.1. The van der Waals surface area contributed by atoms with Crippen LogP contribution in [0.1, 0.15) is 188 Å². The smallest absolute Gasteiger partial charge is 0.306 e. The number of ether oxygens (including phenoxy) is 3. The van der Waals surface area contributed by atoms with E-state index in [4.69, 9.17) is 14.2 Å². The average molecular weight is 791 g/mol. The summed E-state index contributed by atoms with van der Waals surface area (Å²) in [7, 11) is 0. The van der Waals surface area contributed by atoms with Gasteiger partial charge in [-0.2, -0.15) is 0 Å². The molecule has 0 aromatic rings. The number of carbonyl (C=O) groups is 3. The van der Waals surface area contributed by atoms with Gasteiger partial charge >= 0.3 is 17.9 Å². The molecule has 0 bridgehead atoms. The van der Waals surface area contributed by atoms with E-state index in [9.17, 15) is 14.4 Å². The zero-order valence-corrected chi connectivity index (χ0v) is 36.6. The summed E-state index contributed by atoms with van der Waals surface area (Å²) < 4.78 is 16.5. The molecule has 0 aliphatic rings. The first-order valence-electron chi connectivity index (χ1n) is 22.7.